The number of hydrogen-bond acceptors (Lipinski definition) is 3. The largest absolute Gasteiger partial charge is 0.353 e. The molecule has 0 saturated carbocycles. The minimum absolute atomic E-state index is 0.109. The van der Waals surface area contributed by atoms with Crippen molar-refractivity contribution in [1.29, 1.82) is 0 Å². The van der Waals surface area contributed by atoms with Crippen molar-refractivity contribution >= 4 is 40.5 Å². The van der Waals surface area contributed by atoms with E-state index in [0.29, 0.717) is 27.0 Å². The highest BCUT2D eigenvalue weighted by molar-refractivity contribution is 6.43. The molecule has 132 valence electrons. The molecular weight excluding hydrogens is 369 g/mol. The van der Waals surface area contributed by atoms with Crippen LogP contribution in [-0.2, 0) is 0 Å². The van der Waals surface area contributed by atoms with Gasteiger partial charge in [-0.1, -0.05) is 59.6 Å². The Hall–Kier alpha value is -2.56. The fourth-order valence-corrected chi connectivity index (χ4v) is 2.84. The number of aromatic nitrogens is 1. The van der Waals surface area contributed by atoms with Crippen LogP contribution in [0.4, 0.5) is 11.4 Å². The molecule has 1 amide bonds. The second-order valence-electron chi connectivity index (χ2n) is 5.79. The zero-order valence-electron chi connectivity index (χ0n) is 14.0. The molecule has 2 N–H and O–H groups in total. The number of carbonyl (C=O) groups excluding carboxylic acids is 1. The monoisotopic (exact) mass is 385 g/mol. The first kappa shape index (κ1) is 18.2. The van der Waals surface area contributed by atoms with E-state index >= 15 is 0 Å². The Morgan fingerprint density at radius 1 is 1.04 bits per heavy atom. The molecule has 1 unspecified atom stereocenters. The molecule has 4 nitrogen and oxygen atoms in total. The van der Waals surface area contributed by atoms with Crippen molar-refractivity contribution in [3.8, 4) is 0 Å². The van der Waals surface area contributed by atoms with Gasteiger partial charge in [-0.25, -0.2) is 0 Å². The number of halogens is 2. The number of benzene rings is 2. The van der Waals surface area contributed by atoms with E-state index in [1.807, 2.05) is 37.3 Å². The van der Waals surface area contributed by atoms with Crippen molar-refractivity contribution < 1.29 is 4.79 Å². The molecule has 3 rings (SSSR count). The fourth-order valence-electron chi connectivity index (χ4n) is 2.49. The molecule has 0 aliphatic rings. The van der Waals surface area contributed by atoms with E-state index in [9.17, 15) is 4.79 Å². The molecule has 6 heteroatoms. The maximum Gasteiger partial charge on any atom is 0.253 e. The summed E-state index contributed by atoms with van der Waals surface area (Å²) in [6.07, 6.45) is 3.15. The number of nitrogens with one attached hydrogen (secondary N) is 2. The van der Waals surface area contributed by atoms with Crippen LogP contribution >= 0.6 is 23.2 Å². The third kappa shape index (κ3) is 4.34. The molecule has 26 heavy (non-hydrogen) atoms. The Labute approximate surface area is 162 Å². The number of anilines is 2. The van der Waals surface area contributed by atoms with E-state index in [4.69, 9.17) is 23.2 Å². The summed E-state index contributed by atoms with van der Waals surface area (Å²) in [6, 6.07) is 16.7. The Morgan fingerprint density at radius 3 is 2.58 bits per heavy atom. The number of pyridine rings is 1. The lowest BCUT2D eigenvalue weighted by molar-refractivity contribution is 0.0939. The summed E-state index contributed by atoms with van der Waals surface area (Å²) in [6.45, 7) is 1.94. The summed E-state index contributed by atoms with van der Waals surface area (Å²) >= 11 is 12.2. The molecule has 2 aromatic carbocycles. The molecule has 1 heterocycles. The summed E-state index contributed by atoms with van der Waals surface area (Å²) in [5.74, 6) is -0.199. The summed E-state index contributed by atoms with van der Waals surface area (Å²) in [5.41, 5.74) is 2.79. The van der Waals surface area contributed by atoms with Gasteiger partial charge in [-0.3, -0.25) is 9.78 Å². The second kappa shape index (κ2) is 8.21. The van der Waals surface area contributed by atoms with Crippen molar-refractivity contribution in [2.75, 3.05) is 5.32 Å². The highest BCUT2D eigenvalue weighted by Crippen LogP contribution is 2.31. The molecule has 1 aromatic heterocycles. The van der Waals surface area contributed by atoms with Gasteiger partial charge in [0.2, 0.25) is 0 Å². The zero-order valence-corrected chi connectivity index (χ0v) is 15.6. The second-order valence-corrected chi connectivity index (χ2v) is 6.58. The van der Waals surface area contributed by atoms with E-state index in [0.717, 1.165) is 5.56 Å². The van der Waals surface area contributed by atoms with Gasteiger partial charge in [0.1, 0.15) is 0 Å². The van der Waals surface area contributed by atoms with Crippen molar-refractivity contribution in [2.45, 2.75) is 13.0 Å². The minimum Gasteiger partial charge on any atom is -0.353 e. The molecule has 0 aliphatic carbocycles. The van der Waals surface area contributed by atoms with Gasteiger partial charge in [0, 0.05) is 6.20 Å². The highest BCUT2D eigenvalue weighted by atomic mass is 35.5. The van der Waals surface area contributed by atoms with Crippen LogP contribution in [0, 0.1) is 0 Å². The van der Waals surface area contributed by atoms with Crippen LogP contribution in [0.3, 0.4) is 0 Å². The van der Waals surface area contributed by atoms with Crippen molar-refractivity contribution in [2.24, 2.45) is 0 Å². The van der Waals surface area contributed by atoms with Gasteiger partial charge in [0.25, 0.3) is 5.91 Å². The molecule has 0 saturated heterocycles. The molecule has 3 aromatic rings. The van der Waals surface area contributed by atoms with Gasteiger partial charge < -0.3 is 10.6 Å². The maximum absolute atomic E-state index is 12.5. The maximum atomic E-state index is 12.5. The molecule has 0 radical (unpaired) electrons. The first-order valence-electron chi connectivity index (χ1n) is 8.06. The van der Waals surface area contributed by atoms with Gasteiger partial charge in [0.05, 0.1) is 39.2 Å². The fraction of sp³-hybridized carbons (Fsp3) is 0.100. The molecule has 0 bridgehead atoms. The number of carbonyl (C=O) groups is 1. The van der Waals surface area contributed by atoms with Gasteiger partial charge in [-0.2, -0.15) is 0 Å². The van der Waals surface area contributed by atoms with Crippen LogP contribution in [0.1, 0.15) is 28.9 Å². The summed E-state index contributed by atoms with van der Waals surface area (Å²) in [4.78, 5) is 16.7. The molecule has 0 spiro atoms. The highest BCUT2D eigenvalue weighted by Gasteiger charge is 2.13. The lowest BCUT2D eigenvalue weighted by atomic mass is 10.1. The quantitative estimate of drug-likeness (QED) is 0.598. The normalized spacial score (nSPS) is 11.7. The van der Waals surface area contributed by atoms with Crippen LogP contribution < -0.4 is 10.6 Å². The van der Waals surface area contributed by atoms with Crippen LogP contribution in [0.5, 0.6) is 0 Å². The number of nitrogens with zero attached hydrogens (tertiary/aromatic N) is 1. The van der Waals surface area contributed by atoms with E-state index in [1.54, 1.807) is 30.5 Å². The predicted molar refractivity (Wildman–Crippen MR) is 106 cm³/mol. The lowest BCUT2D eigenvalue weighted by Crippen LogP contribution is -2.26. The Morgan fingerprint density at radius 2 is 1.81 bits per heavy atom. The SMILES string of the molecule is CC(NC(=O)c1cncc(Nc2cccc(Cl)c2Cl)c1)c1ccccc1. The topological polar surface area (TPSA) is 54.0 Å². The van der Waals surface area contributed by atoms with Crippen LogP contribution in [-0.4, -0.2) is 10.9 Å². The summed E-state index contributed by atoms with van der Waals surface area (Å²) < 4.78 is 0. The van der Waals surface area contributed by atoms with Crippen molar-refractivity contribution in [1.82, 2.24) is 10.3 Å². The van der Waals surface area contributed by atoms with Crippen LogP contribution in [0.15, 0.2) is 67.0 Å². The Balaban J connectivity index is 1.74. The van der Waals surface area contributed by atoms with Crippen LogP contribution in [0.2, 0.25) is 10.0 Å². The summed E-state index contributed by atoms with van der Waals surface area (Å²) in [5, 5.41) is 6.98. The molecule has 0 aliphatic heterocycles. The number of amides is 1. The first-order valence-corrected chi connectivity index (χ1v) is 8.82. The standard InChI is InChI=1S/C20H17Cl2N3O/c1-13(14-6-3-2-4-7-14)24-20(26)15-10-16(12-23-11-15)25-18-9-5-8-17(21)19(18)22/h2-13,25H,1H3,(H,24,26). The van der Waals surface area contributed by atoms with Crippen molar-refractivity contribution in [3.63, 3.8) is 0 Å². The number of rotatable bonds is 5. The molecular formula is C20H17Cl2N3O. The van der Waals surface area contributed by atoms with Gasteiger partial charge in [0.15, 0.2) is 0 Å². The third-order valence-corrected chi connectivity index (χ3v) is 4.70. The smallest absolute Gasteiger partial charge is 0.253 e. The van der Waals surface area contributed by atoms with Gasteiger partial charge >= 0.3 is 0 Å². The van der Waals surface area contributed by atoms with E-state index < -0.39 is 0 Å². The predicted octanol–water partition coefficient (Wildman–Crippen LogP) is 5.62. The third-order valence-electron chi connectivity index (χ3n) is 3.88. The van der Waals surface area contributed by atoms with E-state index in [-0.39, 0.29) is 11.9 Å². The average molecular weight is 386 g/mol. The van der Waals surface area contributed by atoms with E-state index in [1.165, 1.54) is 6.20 Å². The van der Waals surface area contributed by atoms with Crippen LogP contribution in [0.25, 0.3) is 0 Å². The minimum atomic E-state index is -0.199. The van der Waals surface area contributed by atoms with Gasteiger partial charge in [-0.05, 0) is 30.7 Å². The lowest BCUT2D eigenvalue weighted by Gasteiger charge is -2.15. The molecule has 0 fully saturated rings. The Kier molecular flexibility index (Phi) is 5.76. The van der Waals surface area contributed by atoms with Gasteiger partial charge in [-0.15, -0.1) is 0 Å². The average Bonchev–Trinajstić information content (AvgIpc) is 2.66. The molecule has 1 atom stereocenters. The zero-order chi connectivity index (χ0) is 18.5. The van der Waals surface area contributed by atoms with Crippen molar-refractivity contribution in [3.05, 3.63) is 88.2 Å². The summed E-state index contributed by atoms with van der Waals surface area (Å²) in [7, 11) is 0. The van der Waals surface area contributed by atoms with E-state index in [2.05, 4.69) is 15.6 Å². The first-order chi connectivity index (χ1) is 12.5. The Bertz CT molecular complexity index is 916. The number of hydrogen-bond donors (Lipinski definition) is 2.